The van der Waals surface area contributed by atoms with Crippen molar-refractivity contribution >= 4 is 5.97 Å². The summed E-state index contributed by atoms with van der Waals surface area (Å²) in [4.78, 5) is 13.4. The number of aliphatic hydroxyl groups excluding tert-OH is 1. The van der Waals surface area contributed by atoms with Crippen LogP contribution in [0.25, 0.3) is 0 Å². The second kappa shape index (κ2) is 11.6. The number of allylic oxidation sites excluding steroid dienone is 1. The highest BCUT2D eigenvalue weighted by Crippen LogP contribution is 2.74. The van der Waals surface area contributed by atoms with Crippen molar-refractivity contribution in [1.82, 2.24) is 0 Å². The molecular formula is C39H69NO5. The van der Waals surface area contributed by atoms with E-state index < -0.39 is 28.9 Å². The summed E-state index contributed by atoms with van der Waals surface area (Å²) in [6, 6.07) is 0. The molecule has 3 fully saturated rings. The molecule has 4 N–H and O–H groups in total. The molecule has 0 heterocycles. The third-order valence-corrected chi connectivity index (χ3v) is 15.7. The molecule has 0 saturated heterocycles. The predicted octanol–water partition coefficient (Wildman–Crippen LogP) is 8.11. The van der Waals surface area contributed by atoms with Crippen LogP contribution in [-0.4, -0.2) is 53.7 Å². The second-order valence-electron chi connectivity index (χ2n) is 19.1. The van der Waals surface area contributed by atoms with Crippen LogP contribution in [-0.2, 0) is 14.3 Å². The maximum Gasteiger partial charge on any atom is 0.307 e. The van der Waals surface area contributed by atoms with Gasteiger partial charge in [-0.25, -0.2) is 0 Å². The van der Waals surface area contributed by atoms with Crippen molar-refractivity contribution in [2.45, 2.75) is 152 Å². The lowest BCUT2D eigenvalue weighted by Gasteiger charge is -2.70. The first-order valence-electron chi connectivity index (χ1n) is 17.9. The van der Waals surface area contributed by atoms with Gasteiger partial charge in [0.25, 0.3) is 0 Å². The zero-order valence-corrected chi connectivity index (χ0v) is 31.3. The quantitative estimate of drug-likeness (QED) is 0.234. The van der Waals surface area contributed by atoms with Gasteiger partial charge in [-0.15, -0.1) is 0 Å². The fraction of sp³-hybridized carbons (Fsp3) is 0.923. The highest BCUT2D eigenvalue weighted by Gasteiger charge is 2.71. The maximum absolute atomic E-state index is 13.4. The van der Waals surface area contributed by atoms with Gasteiger partial charge in [0.1, 0.15) is 0 Å². The number of fused-ring (bicyclic) bond motifs is 5. The number of carbonyl (C=O) groups is 1. The SMILES string of the molecule is CO[C@@H]1C[C@]2([C@H](C)O)C3=CC[C@@]4(C)[C@H](C(=O)O)[C@@](C)([C@H](C)C(C)C)CC[C@]4(C)[C@H]3CC[C@H]2C(C)(C)[C@H]1OC[C@@](C)(N)C(C)(C)C. The molecule has 6 nitrogen and oxygen atoms in total. The van der Waals surface area contributed by atoms with Crippen molar-refractivity contribution in [3.8, 4) is 0 Å². The van der Waals surface area contributed by atoms with E-state index in [1.807, 2.05) is 6.92 Å². The van der Waals surface area contributed by atoms with E-state index in [-0.39, 0.29) is 51.1 Å². The Bertz CT molecular complexity index is 1150. The van der Waals surface area contributed by atoms with Crippen LogP contribution in [0, 0.1) is 62.1 Å². The van der Waals surface area contributed by atoms with Crippen molar-refractivity contribution in [3.63, 3.8) is 0 Å². The molecule has 12 atom stereocenters. The standard InChI is InChI=1S/C39H69NO5/c1-23(2)24(3)35(10)19-20-36(11)26-15-16-29-34(8,9)31(45-22-38(13,40)33(5,6)7)28(44-14)21-39(29,25(4)41)27(26)17-18-37(36,12)30(35)32(42)43/h17,23-26,28-31,41H,15-16,18-22,40H2,1-14H3,(H,42,43)/t24-,25+,26+,28-,29+,30-,31+,35-,36-,37+,38-,39+/m1/s1. The summed E-state index contributed by atoms with van der Waals surface area (Å²) in [6.45, 7) is 29.3. The first-order chi connectivity index (χ1) is 20.4. The van der Waals surface area contributed by atoms with Gasteiger partial charge in [0, 0.05) is 18.1 Å². The highest BCUT2D eigenvalue weighted by molar-refractivity contribution is 5.73. The molecule has 4 aliphatic rings. The normalized spacial score (nSPS) is 44.1. The van der Waals surface area contributed by atoms with Crippen molar-refractivity contribution in [3.05, 3.63) is 11.6 Å². The molecule has 45 heavy (non-hydrogen) atoms. The van der Waals surface area contributed by atoms with E-state index in [9.17, 15) is 15.0 Å². The summed E-state index contributed by atoms with van der Waals surface area (Å²) in [5.74, 6) is 0.0635. The zero-order chi connectivity index (χ0) is 34.3. The molecule has 0 bridgehead atoms. The maximum atomic E-state index is 13.4. The Morgan fingerprint density at radius 1 is 1.02 bits per heavy atom. The summed E-state index contributed by atoms with van der Waals surface area (Å²) in [5, 5.41) is 22.9. The topological polar surface area (TPSA) is 102 Å². The zero-order valence-electron chi connectivity index (χ0n) is 31.3. The van der Waals surface area contributed by atoms with E-state index in [1.165, 1.54) is 5.57 Å². The minimum atomic E-state index is -0.644. The number of hydrogen-bond donors (Lipinski definition) is 3. The predicted molar refractivity (Wildman–Crippen MR) is 183 cm³/mol. The van der Waals surface area contributed by atoms with E-state index >= 15 is 0 Å². The van der Waals surface area contributed by atoms with Gasteiger partial charge in [0.2, 0.25) is 0 Å². The minimum Gasteiger partial charge on any atom is -0.481 e. The Kier molecular flexibility index (Phi) is 9.50. The molecule has 0 radical (unpaired) electrons. The summed E-state index contributed by atoms with van der Waals surface area (Å²) in [6.07, 6.45) is 6.80. The number of nitrogens with two attached hydrogens (primary N) is 1. The molecule has 4 aliphatic carbocycles. The number of methoxy groups -OCH3 is 1. The Balaban J connectivity index is 1.81. The largest absolute Gasteiger partial charge is 0.481 e. The monoisotopic (exact) mass is 632 g/mol. The van der Waals surface area contributed by atoms with Gasteiger partial charge >= 0.3 is 5.97 Å². The lowest BCUT2D eigenvalue weighted by Crippen LogP contribution is -2.68. The van der Waals surface area contributed by atoms with Gasteiger partial charge in [0.05, 0.1) is 30.8 Å². The average Bonchev–Trinajstić information content (AvgIpc) is 2.91. The number of carboxylic acids is 1. The number of aliphatic hydroxyl groups is 1. The molecule has 0 spiro atoms. The molecule has 0 amide bonds. The van der Waals surface area contributed by atoms with E-state index in [1.54, 1.807) is 7.11 Å². The summed E-state index contributed by atoms with van der Waals surface area (Å²) < 4.78 is 13.1. The van der Waals surface area contributed by atoms with E-state index in [0.717, 1.165) is 32.1 Å². The summed E-state index contributed by atoms with van der Waals surface area (Å²) >= 11 is 0. The van der Waals surface area contributed by atoms with Crippen LogP contribution in [0.3, 0.4) is 0 Å². The molecule has 0 aromatic carbocycles. The summed E-state index contributed by atoms with van der Waals surface area (Å²) in [7, 11) is 1.78. The Morgan fingerprint density at radius 3 is 2.11 bits per heavy atom. The summed E-state index contributed by atoms with van der Waals surface area (Å²) in [5.41, 5.74) is 5.95. The second-order valence-corrected chi connectivity index (χ2v) is 19.1. The third-order valence-electron chi connectivity index (χ3n) is 15.7. The third kappa shape index (κ3) is 5.21. The van der Waals surface area contributed by atoms with Gasteiger partial charge in [0.15, 0.2) is 0 Å². The van der Waals surface area contributed by atoms with Gasteiger partial charge < -0.3 is 25.4 Å². The van der Waals surface area contributed by atoms with Crippen LogP contribution in [0.4, 0.5) is 0 Å². The van der Waals surface area contributed by atoms with Crippen molar-refractivity contribution in [2.75, 3.05) is 13.7 Å². The van der Waals surface area contributed by atoms with Crippen molar-refractivity contribution < 1.29 is 24.5 Å². The first kappa shape index (κ1) is 36.9. The molecule has 6 heteroatoms. The van der Waals surface area contributed by atoms with Gasteiger partial charge in [-0.3, -0.25) is 4.79 Å². The lowest BCUT2D eigenvalue weighted by molar-refractivity contribution is -0.233. The fourth-order valence-electron chi connectivity index (χ4n) is 11.5. The van der Waals surface area contributed by atoms with Crippen LogP contribution in [0.1, 0.15) is 129 Å². The van der Waals surface area contributed by atoms with Crippen LogP contribution in [0.15, 0.2) is 11.6 Å². The van der Waals surface area contributed by atoms with Crippen LogP contribution in [0.5, 0.6) is 0 Å². The highest BCUT2D eigenvalue weighted by atomic mass is 16.5. The Labute approximate surface area is 275 Å². The smallest absolute Gasteiger partial charge is 0.307 e. The van der Waals surface area contributed by atoms with E-state index in [4.69, 9.17) is 15.2 Å². The van der Waals surface area contributed by atoms with Gasteiger partial charge in [-0.1, -0.05) is 87.8 Å². The van der Waals surface area contributed by atoms with E-state index in [2.05, 4.69) is 89.2 Å². The number of hydrogen-bond acceptors (Lipinski definition) is 5. The molecule has 0 unspecified atom stereocenters. The average molecular weight is 632 g/mol. The van der Waals surface area contributed by atoms with E-state index in [0.29, 0.717) is 24.9 Å². The number of rotatable bonds is 8. The van der Waals surface area contributed by atoms with Crippen LogP contribution < -0.4 is 5.73 Å². The van der Waals surface area contributed by atoms with Gasteiger partial charge in [-0.05, 0) is 103 Å². The fourth-order valence-corrected chi connectivity index (χ4v) is 11.5. The number of carboxylic acid groups (broad SMARTS) is 1. The molecule has 0 aliphatic heterocycles. The minimum absolute atomic E-state index is 0.123. The molecule has 3 saturated carbocycles. The van der Waals surface area contributed by atoms with Crippen LogP contribution in [0.2, 0.25) is 0 Å². The Hall–Kier alpha value is -0.950. The van der Waals surface area contributed by atoms with Crippen molar-refractivity contribution in [2.24, 2.45) is 67.8 Å². The molecule has 4 rings (SSSR count). The molecular weight excluding hydrogens is 562 g/mol. The molecule has 0 aromatic heterocycles. The molecule has 260 valence electrons. The molecule has 0 aromatic rings. The number of aliphatic carboxylic acids is 1. The lowest BCUT2D eigenvalue weighted by atomic mass is 9.34. The Morgan fingerprint density at radius 2 is 1.62 bits per heavy atom. The van der Waals surface area contributed by atoms with Crippen LogP contribution >= 0.6 is 0 Å². The van der Waals surface area contributed by atoms with Crippen molar-refractivity contribution in [1.29, 1.82) is 0 Å². The first-order valence-corrected chi connectivity index (χ1v) is 17.9. The van der Waals surface area contributed by atoms with Gasteiger partial charge in [-0.2, -0.15) is 0 Å². The number of ether oxygens (including phenoxy) is 2.